The van der Waals surface area contributed by atoms with Gasteiger partial charge in [0.2, 0.25) is 0 Å². The van der Waals surface area contributed by atoms with Crippen LogP contribution in [0, 0.1) is 3.77 Å². The Kier molecular flexibility index (Phi) is 3.20. The smallest absolute Gasteiger partial charge is 0.164 e. The molecule has 0 aromatic carbocycles. The van der Waals surface area contributed by atoms with Gasteiger partial charge in [0.1, 0.15) is 5.76 Å². The molecule has 2 heterocycles. The van der Waals surface area contributed by atoms with E-state index in [0.29, 0.717) is 0 Å². The van der Waals surface area contributed by atoms with Crippen molar-refractivity contribution in [3.63, 3.8) is 0 Å². The molecule has 74 valence electrons. The van der Waals surface area contributed by atoms with Gasteiger partial charge >= 0.3 is 0 Å². The predicted octanol–water partition coefficient (Wildman–Crippen LogP) is 1.90. The summed E-state index contributed by atoms with van der Waals surface area (Å²) in [6.45, 7) is 1.54. The van der Waals surface area contributed by atoms with Gasteiger partial charge in [-0.15, -0.1) is 0 Å². The van der Waals surface area contributed by atoms with Gasteiger partial charge in [-0.25, -0.2) is 0 Å². The second-order valence-corrected chi connectivity index (χ2v) is 3.98. The lowest BCUT2D eigenvalue weighted by Gasteiger charge is -1.98. The first-order chi connectivity index (χ1) is 6.84. The molecule has 0 amide bonds. The van der Waals surface area contributed by atoms with Crippen LogP contribution in [0.3, 0.4) is 0 Å². The summed E-state index contributed by atoms with van der Waals surface area (Å²) in [7, 11) is 0. The highest BCUT2D eigenvalue weighted by Crippen LogP contribution is 2.09. The number of nitrogens with one attached hydrogen (secondary N) is 2. The Balaban J connectivity index is 1.78. The molecule has 4 nitrogen and oxygen atoms in total. The van der Waals surface area contributed by atoms with Crippen molar-refractivity contribution in [2.45, 2.75) is 13.1 Å². The van der Waals surface area contributed by atoms with Crippen molar-refractivity contribution < 1.29 is 4.42 Å². The second-order valence-electron chi connectivity index (χ2n) is 2.92. The summed E-state index contributed by atoms with van der Waals surface area (Å²) >= 11 is 2.15. The summed E-state index contributed by atoms with van der Waals surface area (Å²) in [5.41, 5.74) is 1.14. The molecule has 5 heteroatoms. The molecule has 0 spiro atoms. The molecule has 0 atom stereocenters. The van der Waals surface area contributed by atoms with Gasteiger partial charge in [0.15, 0.2) is 3.77 Å². The second kappa shape index (κ2) is 4.61. The Labute approximate surface area is 95.2 Å². The molecule has 0 fully saturated rings. The highest BCUT2D eigenvalue weighted by Gasteiger charge is 1.98. The van der Waals surface area contributed by atoms with Crippen molar-refractivity contribution in [1.29, 1.82) is 0 Å². The van der Waals surface area contributed by atoms with Crippen LogP contribution >= 0.6 is 22.6 Å². The van der Waals surface area contributed by atoms with Crippen molar-refractivity contribution in [3.05, 3.63) is 39.6 Å². The molecule has 0 aliphatic carbocycles. The zero-order valence-electron chi connectivity index (χ0n) is 7.46. The molecular weight excluding hydrogens is 293 g/mol. The van der Waals surface area contributed by atoms with E-state index in [2.05, 4.69) is 38.1 Å². The molecule has 2 rings (SSSR count). The average molecular weight is 303 g/mol. The van der Waals surface area contributed by atoms with E-state index in [9.17, 15) is 0 Å². The molecule has 2 aromatic heterocycles. The number of halogens is 1. The van der Waals surface area contributed by atoms with Gasteiger partial charge in [-0.3, -0.25) is 5.10 Å². The quantitative estimate of drug-likeness (QED) is 0.848. The van der Waals surface area contributed by atoms with Crippen LogP contribution in [-0.2, 0) is 13.1 Å². The minimum absolute atomic E-state index is 0.744. The molecule has 0 aliphatic heterocycles. The normalized spacial score (nSPS) is 10.6. The minimum Gasteiger partial charge on any atom is -0.454 e. The summed E-state index contributed by atoms with van der Waals surface area (Å²) in [6, 6.07) is 3.93. The van der Waals surface area contributed by atoms with Gasteiger partial charge in [-0.2, -0.15) is 5.10 Å². The highest BCUT2D eigenvalue weighted by atomic mass is 127. The predicted molar refractivity (Wildman–Crippen MR) is 60.6 cm³/mol. The molecule has 0 radical (unpaired) electrons. The van der Waals surface area contributed by atoms with Crippen molar-refractivity contribution in [2.24, 2.45) is 0 Å². The molecule has 0 saturated carbocycles. The summed E-state index contributed by atoms with van der Waals surface area (Å²) in [4.78, 5) is 0. The van der Waals surface area contributed by atoms with Crippen LogP contribution in [0.25, 0.3) is 0 Å². The SMILES string of the molecule is Ic1ccc(CNCc2cn[nH]c2)o1. The third-order valence-electron chi connectivity index (χ3n) is 1.81. The fraction of sp³-hybridized carbons (Fsp3) is 0.222. The van der Waals surface area contributed by atoms with Gasteiger partial charge in [0.25, 0.3) is 0 Å². The van der Waals surface area contributed by atoms with Crippen LogP contribution < -0.4 is 5.32 Å². The fourth-order valence-electron chi connectivity index (χ4n) is 1.15. The average Bonchev–Trinajstić information content (AvgIpc) is 2.77. The number of aromatic amines is 1. The summed E-state index contributed by atoms with van der Waals surface area (Å²) in [5, 5.41) is 9.89. The molecule has 14 heavy (non-hydrogen) atoms. The van der Waals surface area contributed by atoms with Crippen LogP contribution in [0.2, 0.25) is 0 Å². The molecule has 0 saturated heterocycles. The van der Waals surface area contributed by atoms with Gasteiger partial charge in [0.05, 0.1) is 12.7 Å². The van der Waals surface area contributed by atoms with Crippen LogP contribution in [0.4, 0.5) is 0 Å². The van der Waals surface area contributed by atoms with E-state index in [-0.39, 0.29) is 0 Å². The maximum Gasteiger partial charge on any atom is 0.164 e. The van der Waals surface area contributed by atoms with E-state index in [1.165, 1.54) is 0 Å². The lowest BCUT2D eigenvalue weighted by Crippen LogP contribution is -2.11. The van der Waals surface area contributed by atoms with E-state index in [1.807, 2.05) is 18.3 Å². The van der Waals surface area contributed by atoms with Crippen molar-refractivity contribution in [2.75, 3.05) is 0 Å². The maximum atomic E-state index is 5.40. The molecule has 2 aromatic rings. The topological polar surface area (TPSA) is 53.9 Å². The Morgan fingerprint density at radius 1 is 1.43 bits per heavy atom. The fourth-order valence-corrected chi connectivity index (χ4v) is 1.61. The maximum absolute atomic E-state index is 5.40. The van der Waals surface area contributed by atoms with Crippen molar-refractivity contribution in [1.82, 2.24) is 15.5 Å². The van der Waals surface area contributed by atoms with E-state index in [4.69, 9.17) is 4.42 Å². The third kappa shape index (κ3) is 2.58. The van der Waals surface area contributed by atoms with Crippen LogP contribution in [0.5, 0.6) is 0 Å². The van der Waals surface area contributed by atoms with E-state index < -0.39 is 0 Å². The third-order valence-corrected chi connectivity index (χ3v) is 2.39. The largest absolute Gasteiger partial charge is 0.454 e. The number of aromatic nitrogens is 2. The number of H-pyrrole nitrogens is 1. The Morgan fingerprint density at radius 3 is 3.00 bits per heavy atom. The van der Waals surface area contributed by atoms with Crippen molar-refractivity contribution in [3.8, 4) is 0 Å². The first kappa shape index (κ1) is 9.72. The van der Waals surface area contributed by atoms with Gasteiger partial charge < -0.3 is 9.73 Å². The van der Waals surface area contributed by atoms with Gasteiger partial charge in [0, 0.05) is 18.3 Å². The standard InChI is InChI=1S/C9H10IN3O/c10-9-2-1-8(14-9)6-11-3-7-4-12-13-5-7/h1-2,4-5,11H,3,6H2,(H,12,13). The molecule has 2 N–H and O–H groups in total. The number of hydrogen-bond donors (Lipinski definition) is 2. The van der Waals surface area contributed by atoms with Crippen LogP contribution in [-0.4, -0.2) is 10.2 Å². The number of furan rings is 1. The van der Waals surface area contributed by atoms with E-state index in [0.717, 1.165) is 28.2 Å². The lowest BCUT2D eigenvalue weighted by atomic mass is 10.3. The summed E-state index contributed by atoms with van der Waals surface area (Å²) < 4.78 is 6.32. The lowest BCUT2D eigenvalue weighted by molar-refractivity contribution is 0.463. The van der Waals surface area contributed by atoms with Crippen molar-refractivity contribution >= 4 is 22.6 Å². The van der Waals surface area contributed by atoms with Gasteiger partial charge in [-0.05, 0) is 34.7 Å². The molecular formula is C9H10IN3O. The molecule has 0 unspecified atom stereocenters. The first-order valence-corrected chi connectivity index (χ1v) is 5.35. The minimum atomic E-state index is 0.744. The Morgan fingerprint density at radius 2 is 2.36 bits per heavy atom. The zero-order chi connectivity index (χ0) is 9.80. The van der Waals surface area contributed by atoms with Crippen LogP contribution in [0.1, 0.15) is 11.3 Å². The summed E-state index contributed by atoms with van der Waals surface area (Å²) in [5.74, 6) is 0.956. The van der Waals surface area contributed by atoms with E-state index >= 15 is 0 Å². The van der Waals surface area contributed by atoms with E-state index in [1.54, 1.807) is 6.20 Å². The Hall–Kier alpha value is -0.820. The number of rotatable bonds is 4. The number of nitrogens with zero attached hydrogens (tertiary/aromatic N) is 1. The summed E-state index contributed by atoms with van der Waals surface area (Å²) in [6.07, 6.45) is 3.68. The highest BCUT2D eigenvalue weighted by molar-refractivity contribution is 14.1. The zero-order valence-corrected chi connectivity index (χ0v) is 9.61. The number of hydrogen-bond acceptors (Lipinski definition) is 3. The van der Waals surface area contributed by atoms with Gasteiger partial charge in [-0.1, -0.05) is 0 Å². The Bertz CT molecular complexity index is 382. The molecule has 0 bridgehead atoms. The monoisotopic (exact) mass is 303 g/mol. The van der Waals surface area contributed by atoms with Crippen LogP contribution in [0.15, 0.2) is 28.9 Å². The molecule has 0 aliphatic rings. The first-order valence-electron chi connectivity index (χ1n) is 4.27.